The summed E-state index contributed by atoms with van der Waals surface area (Å²) in [5.74, 6) is 0.674. The standard InChI is InChI=1S/C16H21ClN2O/c1-10-7-8-12(15(17)18-10)13-9-14(13)16(20)19(2)11-5-3-4-6-11/h7-8,11,13-14H,3-6,9H2,1-2H3/t13-,14+/m0/s1. The Morgan fingerprint density at radius 3 is 2.70 bits per heavy atom. The molecular formula is C16H21ClN2O. The number of carbonyl (C=O) groups excluding carboxylic acids is 1. The van der Waals surface area contributed by atoms with Crippen molar-refractivity contribution in [3.05, 3.63) is 28.5 Å². The average Bonchev–Trinajstić information content (AvgIpc) is 3.00. The van der Waals surface area contributed by atoms with Gasteiger partial charge in [0.05, 0.1) is 0 Å². The Kier molecular flexibility index (Phi) is 3.72. The Balaban J connectivity index is 1.67. The van der Waals surface area contributed by atoms with E-state index in [0.717, 1.165) is 30.5 Å². The van der Waals surface area contributed by atoms with Crippen LogP contribution < -0.4 is 0 Å². The molecule has 1 aromatic rings. The molecule has 3 nitrogen and oxygen atoms in total. The highest BCUT2D eigenvalue weighted by Crippen LogP contribution is 2.50. The van der Waals surface area contributed by atoms with Crippen molar-refractivity contribution in [2.24, 2.45) is 5.92 Å². The lowest BCUT2D eigenvalue weighted by molar-refractivity contribution is -0.133. The number of halogens is 1. The zero-order valence-corrected chi connectivity index (χ0v) is 12.9. The van der Waals surface area contributed by atoms with Gasteiger partial charge in [-0.25, -0.2) is 4.98 Å². The number of nitrogens with zero attached hydrogens (tertiary/aromatic N) is 2. The van der Waals surface area contributed by atoms with Gasteiger partial charge in [0.25, 0.3) is 0 Å². The molecule has 2 saturated carbocycles. The molecule has 0 N–H and O–H groups in total. The first-order valence-electron chi connectivity index (χ1n) is 7.47. The second-order valence-corrected chi connectivity index (χ2v) is 6.53. The second kappa shape index (κ2) is 5.36. The molecule has 20 heavy (non-hydrogen) atoms. The Morgan fingerprint density at radius 2 is 2.05 bits per heavy atom. The topological polar surface area (TPSA) is 33.2 Å². The SMILES string of the molecule is Cc1ccc([C@@H]2C[C@H]2C(=O)N(C)C2CCCC2)c(Cl)n1. The Bertz CT molecular complexity index is 525. The highest BCUT2D eigenvalue weighted by Gasteiger charge is 2.47. The fourth-order valence-corrected chi connectivity index (χ4v) is 3.69. The van der Waals surface area contributed by atoms with Gasteiger partial charge in [0, 0.05) is 24.7 Å². The Hall–Kier alpha value is -1.09. The van der Waals surface area contributed by atoms with E-state index in [-0.39, 0.29) is 11.8 Å². The number of pyridine rings is 1. The second-order valence-electron chi connectivity index (χ2n) is 6.17. The summed E-state index contributed by atoms with van der Waals surface area (Å²) in [7, 11) is 1.96. The van der Waals surface area contributed by atoms with E-state index in [9.17, 15) is 4.79 Å². The van der Waals surface area contributed by atoms with Gasteiger partial charge in [-0.2, -0.15) is 0 Å². The van der Waals surface area contributed by atoms with Gasteiger partial charge < -0.3 is 4.90 Å². The molecule has 1 aromatic heterocycles. The van der Waals surface area contributed by atoms with Crippen molar-refractivity contribution in [1.29, 1.82) is 0 Å². The molecule has 0 bridgehead atoms. The van der Waals surface area contributed by atoms with Crippen molar-refractivity contribution in [1.82, 2.24) is 9.88 Å². The summed E-state index contributed by atoms with van der Waals surface area (Å²) >= 11 is 6.21. The fraction of sp³-hybridized carbons (Fsp3) is 0.625. The number of hydrogen-bond acceptors (Lipinski definition) is 2. The lowest BCUT2D eigenvalue weighted by Crippen LogP contribution is -2.36. The van der Waals surface area contributed by atoms with Crippen molar-refractivity contribution in [2.75, 3.05) is 7.05 Å². The summed E-state index contributed by atoms with van der Waals surface area (Å²) in [4.78, 5) is 18.8. The van der Waals surface area contributed by atoms with Crippen LogP contribution >= 0.6 is 11.6 Å². The molecule has 0 radical (unpaired) electrons. The molecule has 0 aliphatic heterocycles. The van der Waals surface area contributed by atoms with Crippen LogP contribution in [0.3, 0.4) is 0 Å². The molecule has 0 saturated heterocycles. The van der Waals surface area contributed by atoms with Crippen LogP contribution in [0.2, 0.25) is 5.15 Å². The van der Waals surface area contributed by atoms with E-state index in [0.29, 0.717) is 17.1 Å². The van der Waals surface area contributed by atoms with Crippen molar-refractivity contribution in [3.63, 3.8) is 0 Å². The molecule has 0 spiro atoms. The van der Waals surface area contributed by atoms with Gasteiger partial charge >= 0.3 is 0 Å². The molecule has 2 fully saturated rings. The van der Waals surface area contributed by atoms with Gasteiger partial charge in [-0.1, -0.05) is 30.5 Å². The molecular weight excluding hydrogens is 272 g/mol. The number of aromatic nitrogens is 1. The molecule has 1 heterocycles. The van der Waals surface area contributed by atoms with Gasteiger partial charge in [-0.05, 0) is 43.7 Å². The maximum atomic E-state index is 12.5. The van der Waals surface area contributed by atoms with Crippen LogP contribution in [0.1, 0.15) is 49.3 Å². The lowest BCUT2D eigenvalue weighted by Gasteiger charge is -2.24. The molecule has 2 atom stereocenters. The Morgan fingerprint density at radius 1 is 1.35 bits per heavy atom. The molecule has 0 aromatic carbocycles. The van der Waals surface area contributed by atoms with E-state index in [1.807, 2.05) is 31.0 Å². The predicted octanol–water partition coefficient (Wildman–Crippen LogP) is 3.55. The monoisotopic (exact) mass is 292 g/mol. The molecule has 3 rings (SSSR count). The molecule has 0 unspecified atom stereocenters. The summed E-state index contributed by atoms with van der Waals surface area (Å²) in [6, 6.07) is 4.45. The van der Waals surface area contributed by atoms with E-state index < -0.39 is 0 Å². The van der Waals surface area contributed by atoms with Crippen LogP contribution in [0.4, 0.5) is 0 Å². The molecule has 2 aliphatic rings. The smallest absolute Gasteiger partial charge is 0.226 e. The normalized spacial score (nSPS) is 25.8. The van der Waals surface area contributed by atoms with E-state index in [1.165, 1.54) is 12.8 Å². The summed E-state index contributed by atoms with van der Waals surface area (Å²) in [6.07, 6.45) is 5.74. The zero-order valence-electron chi connectivity index (χ0n) is 12.1. The summed E-state index contributed by atoms with van der Waals surface area (Å²) in [5.41, 5.74) is 1.96. The molecule has 108 valence electrons. The highest BCUT2D eigenvalue weighted by molar-refractivity contribution is 6.30. The van der Waals surface area contributed by atoms with Gasteiger partial charge in [0.1, 0.15) is 5.15 Å². The molecule has 1 amide bonds. The van der Waals surface area contributed by atoms with Crippen LogP contribution in [0.15, 0.2) is 12.1 Å². The first-order chi connectivity index (χ1) is 9.58. The Labute approximate surface area is 125 Å². The number of carbonyl (C=O) groups is 1. The quantitative estimate of drug-likeness (QED) is 0.798. The average molecular weight is 293 g/mol. The number of rotatable bonds is 3. The summed E-state index contributed by atoms with van der Waals surface area (Å²) in [5, 5.41) is 0.564. The van der Waals surface area contributed by atoms with Gasteiger partial charge in [-0.15, -0.1) is 0 Å². The van der Waals surface area contributed by atoms with Gasteiger partial charge in [0.2, 0.25) is 5.91 Å². The van der Waals surface area contributed by atoms with E-state index in [1.54, 1.807) is 0 Å². The minimum atomic E-state index is 0.114. The van der Waals surface area contributed by atoms with Crippen LogP contribution in [-0.4, -0.2) is 28.9 Å². The third-order valence-corrected chi connectivity index (χ3v) is 5.05. The number of amides is 1. The first kappa shape index (κ1) is 13.9. The van der Waals surface area contributed by atoms with Crippen LogP contribution in [-0.2, 0) is 4.79 Å². The molecule has 2 aliphatic carbocycles. The van der Waals surface area contributed by atoms with Crippen molar-refractivity contribution in [2.45, 2.75) is 51.0 Å². The van der Waals surface area contributed by atoms with Crippen molar-refractivity contribution in [3.8, 4) is 0 Å². The minimum absolute atomic E-state index is 0.114. The van der Waals surface area contributed by atoms with Crippen LogP contribution in [0.5, 0.6) is 0 Å². The van der Waals surface area contributed by atoms with E-state index in [4.69, 9.17) is 11.6 Å². The number of aryl methyl sites for hydroxylation is 1. The van der Waals surface area contributed by atoms with Crippen LogP contribution in [0.25, 0.3) is 0 Å². The minimum Gasteiger partial charge on any atom is -0.343 e. The third kappa shape index (κ3) is 2.56. The van der Waals surface area contributed by atoms with Crippen LogP contribution in [0, 0.1) is 12.8 Å². The third-order valence-electron chi connectivity index (χ3n) is 4.74. The largest absolute Gasteiger partial charge is 0.343 e. The van der Waals surface area contributed by atoms with Gasteiger partial charge in [-0.3, -0.25) is 4.79 Å². The summed E-state index contributed by atoms with van der Waals surface area (Å²) in [6.45, 7) is 1.93. The van der Waals surface area contributed by atoms with Gasteiger partial charge in [0.15, 0.2) is 0 Å². The van der Waals surface area contributed by atoms with Crippen molar-refractivity contribution >= 4 is 17.5 Å². The highest BCUT2D eigenvalue weighted by atomic mass is 35.5. The number of hydrogen-bond donors (Lipinski definition) is 0. The zero-order chi connectivity index (χ0) is 14.3. The fourth-order valence-electron chi connectivity index (χ4n) is 3.36. The predicted molar refractivity (Wildman–Crippen MR) is 79.9 cm³/mol. The first-order valence-corrected chi connectivity index (χ1v) is 7.85. The maximum absolute atomic E-state index is 12.5. The molecule has 4 heteroatoms. The van der Waals surface area contributed by atoms with E-state index >= 15 is 0 Å². The van der Waals surface area contributed by atoms with Crippen molar-refractivity contribution < 1.29 is 4.79 Å². The van der Waals surface area contributed by atoms with E-state index in [2.05, 4.69) is 4.98 Å². The maximum Gasteiger partial charge on any atom is 0.226 e. The lowest BCUT2D eigenvalue weighted by atomic mass is 10.1. The summed E-state index contributed by atoms with van der Waals surface area (Å²) < 4.78 is 0.